The average molecular weight is 294 g/mol. The first-order valence-electron chi connectivity index (χ1n) is 6.06. The summed E-state index contributed by atoms with van der Waals surface area (Å²) in [5.74, 6) is 0.468. The third kappa shape index (κ3) is 7.23. The molecule has 0 aliphatic heterocycles. The van der Waals surface area contributed by atoms with Gasteiger partial charge in [0, 0.05) is 0 Å². The fourth-order valence-corrected chi connectivity index (χ4v) is 2.01. The van der Waals surface area contributed by atoms with E-state index in [0.29, 0.717) is 5.92 Å². The van der Waals surface area contributed by atoms with E-state index >= 15 is 0 Å². The van der Waals surface area contributed by atoms with Crippen molar-refractivity contribution < 1.29 is 9.90 Å². The Kier molecular flexibility index (Phi) is 8.94. The highest BCUT2D eigenvalue weighted by Gasteiger charge is 2.18. The van der Waals surface area contributed by atoms with Gasteiger partial charge in [-0.3, -0.25) is 4.79 Å². The van der Waals surface area contributed by atoms with Crippen LogP contribution in [0.3, 0.4) is 0 Å². The summed E-state index contributed by atoms with van der Waals surface area (Å²) in [4.78, 5) is 11.6. The SMILES string of the molecule is CCCC[C@H](Br)C(=O)N[C@@H](CO)CC(C)C. The number of hydrogen-bond donors (Lipinski definition) is 2. The highest BCUT2D eigenvalue weighted by atomic mass is 79.9. The molecule has 2 atom stereocenters. The molecule has 0 aromatic carbocycles. The second-order valence-electron chi connectivity index (χ2n) is 4.63. The van der Waals surface area contributed by atoms with Gasteiger partial charge in [-0.1, -0.05) is 49.5 Å². The molecule has 0 rings (SSSR count). The Morgan fingerprint density at radius 3 is 2.50 bits per heavy atom. The second kappa shape index (κ2) is 8.99. The first-order chi connectivity index (χ1) is 7.51. The van der Waals surface area contributed by atoms with Crippen LogP contribution in [-0.2, 0) is 4.79 Å². The molecule has 0 bridgehead atoms. The number of unbranched alkanes of at least 4 members (excludes halogenated alkanes) is 1. The molecular formula is C12H24BrNO2. The Bertz CT molecular complexity index is 197. The maximum atomic E-state index is 11.7. The lowest BCUT2D eigenvalue weighted by atomic mass is 10.0. The molecule has 1 amide bonds. The predicted molar refractivity (Wildman–Crippen MR) is 70.7 cm³/mol. The minimum Gasteiger partial charge on any atom is -0.394 e. The summed E-state index contributed by atoms with van der Waals surface area (Å²) in [5.41, 5.74) is 0. The van der Waals surface area contributed by atoms with Crippen molar-refractivity contribution in [2.45, 2.75) is 57.3 Å². The Morgan fingerprint density at radius 2 is 2.06 bits per heavy atom. The van der Waals surface area contributed by atoms with Gasteiger partial charge in [0.05, 0.1) is 17.5 Å². The molecule has 0 saturated carbocycles. The van der Waals surface area contributed by atoms with E-state index in [1.54, 1.807) is 0 Å². The van der Waals surface area contributed by atoms with Crippen molar-refractivity contribution in [3.63, 3.8) is 0 Å². The van der Waals surface area contributed by atoms with Gasteiger partial charge in [0.2, 0.25) is 5.91 Å². The van der Waals surface area contributed by atoms with Crippen LogP contribution in [0.2, 0.25) is 0 Å². The summed E-state index contributed by atoms with van der Waals surface area (Å²) in [6.45, 7) is 6.28. The number of alkyl halides is 1. The quantitative estimate of drug-likeness (QED) is 0.676. The topological polar surface area (TPSA) is 49.3 Å². The van der Waals surface area contributed by atoms with Gasteiger partial charge >= 0.3 is 0 Å². The lowest BCUT2D eigenvalue weighted by Crippen LogP contribution is -2.42. The molecule has 96 valence electrons. The Morgan fingerprint density at radius 1 is 1.44 bits per heavy atom. The molecule has 4 heteroatoms. The maximum absolute atomic E-state index is 11.7. The van der Waals surface area contributed by atoms with Crippen molar-refractivity contribution in [1.29, 1.82) is 0 Å². The fraction of sp³-hybridized carbons (Fsp3) is 0.917. The Balaban J connectivity index is 3.98. The number of aliphatic hydroxyl groups is 1. The van der Waals surface area contributed by atoms with Gasteiger partial charge in [-0.15, -0.1) is 0 Å². The zero-order valence-electron chi connectivity index (χ0n) is 10.5. The Labute approximate surface area is 107 Å². The standard InChI is InChI=1S/C12H24BrNO2/c1-4-5-6-11(13)12(16)14-10(8-15)7-9(2)3/h9-11,15H,4-8H2,1-3H3,(H,14,16)/t10-,11+/m1/s1. The molecule has 0 unspecified atom stereocenters. The lowest BCUT2D eigenvalue weighted by molar-refractivity contribution is -0.121. The van der Waals surface area contributed by atoms with Crippen molar-refractivity contribution in [2.24, 2.45) is 5.92 Å². The largest absolute Gasteiger partial charge is 0.394 e. The van der Waals surface area contributed by atoms with E-state index < -0.39 is 0 Å². The van der Waals surface area contributed by atoms with Crippen LogP contribution in [0.5, 0.6) is 0 Å². The number of rotatable bonds is 8. The second-order valence-corrected chi connectivity index (χ2v) is 5.73. The summed E-state index contributed by atoms with van der Waals surface area (Å²) in [6.07, 6.45) is 3.79. The molecular weight excluding hydrogens is 270 g/mol. The van der Waals surface area contributed by atoms with E-state index in [0.717, 1.165) is 25.7 Å². The van der Waals surface area contributed by atoms with Gasteiger partial charge in [-0.25, -0.2) is 0 Å². The number of carbonyl (C=O) groups is 1. The van der Waals surface area contributed by atoms with Crippen molar-refractivity contribution in [2.75, 3.05) is 6.61 Å². The first kappa shape index (κ1) is 15.9. The molecule has 0 heterocycles. The fourth-order valence-electron chi connectivity index (χ4n) is 1.55. The van der Waals surface area contributed by atoms with E-state index in [9.17, 15) is 4.79 Å². The molecule has 0 aliphatic rings. The molecule has 0 aromatic heterocycles. The minimum atomic E-state index is -0.131. The summed E-state index contributed by atoms with van der Waals surface area (Å²) >= 11 is 3.37. The third-order valence-electron chi connectivity index (χ3n) is 2.42. The average Bonchev–Trinajstić information content (AvgIpc) is 2.23. The van der Waals surface area contributed by atoms with Gasteiger partial charge in [0.15, 0.2) is 0 Å². The van der Waals surface area contributed by atoms with Crippen LogP contribution >= 0.6 is 15.9 Å². The molecule has 16 heavy (non-hydrogen) atoms. The summed E-state index contributed by atoms with van der Waals surface area (Å²) in [7, 11) is 0. The van der Waals surface area contributed by atoms with E-state index in [-0.39, 0.29) is 23.4 Å². The molecule has 0 spiro atoms. The number of amides is 1. The zero-order valence-corrected chi connectivity index (χ0v) is 12.1. The molecule has 2 N–H and O–H groups in total. The molecule has 3 nitrogen and oxygen atoms in total. The van der Waals surface area contributed by atoms with Gasteiger partial charge in [-0.05, 0) is 18.8 Å². The third-order valence-corrected chi connectivity index (χ3v) is 3.29. The zero-order chi connectivity index (χ0) is 12.6. The smallest absolute Gasteiger partial charge is 0.234 e. The van der Waals surface area contributed by atoms with Crippen molar-refractivity contribution in [3.05, 3.63) is 0 Å². The lowest BCUT2D eigenvalue weighted by Gasteiger charge is -2.20. The summed E-state index contributed by atoms with van der Waals surface area (Å²) in [5, 5.41) is 12.0. The number of halogens is 1. The van der Waals surface area contributed by atoms with E-state index in [1.807, 2.05) is 0 Å². The van der Waals surface area contributed by atoms with Crippen LogP contribution in [0, 0.1) is 5.92 Å². The molecule has 0 saturated heterocycles. The van der Waals surface area contributed by atoms with Gasteiger partial charge in [0.25, 0.3) is 0 Å². The van der Waals surface area contributed by atoms with Crippen LogP contribution < -0.4 is 5.32 Å². The normalized spacial score (nSPS) is 14.9. The van der Waals surface area contributed by atoms with Crippen molar-refractivity contribution in [1.82, 2.24) is 5.32 Å². The summed E-state index contributed by atoms with van der Waals surface area (Å²) < 4.78 is 0. The number of hydrogen-bond acceptors (Lipinski definition) is 2. The van der Waals surface area contributed by atoms with Gasteiger partial charge in [0.1, 0.15) is 0 Å². The van der Waals surface area contributed by atoms with Gasteiger partial charge in [-0.2, -0.15) is 0 Å². The molecule has 0 radical (unpaired) electrons. The Hall–Kier alpha value is -0.0900. The van der Waals surface area contributed by atoms with Crippen LogP contribution in [-0.4, -0.2) is 28.5 Å². The molecule has 0 fully saturated rings. The molecule has 0 aromatic rings. The summed E-state index contributed by atoms with van der Waals surface area (Å²) in [6, 6.07) is -0.117. The van der Waals surface area contributed by atoms with Crippen LogP contribution in [0.25, 0.3) is 0 Å². The number of aliphatic hydroxyl groups excluding tert-OH is 1. The minimum absolute atomic E-state index is 0.00634. The van der Waals surface area contributed by atoms with Crippen molar-refractivity contribution in [3.8, 4) is 0 Å². The van der Waals surface area contributed by atoms with E-state index in [2.05, 4.69) is 42.0 Å². The maximum Gasteiger partial charge on any atom is 0.234 e. The number of nitrogens with one attached hydrogen (secondary N) is 1. The number of carbonyl (C=O) groups excluding carboxylic acids is 1. The first-order valence-corrected chi connectivity index (χ1v) is 6.98. The van der Waals surface area contributed by atoms with Gasteiger partial charge < -0.3 is 10.4 Å². The highest BCUT2D eigenvalue weighted by Crippen LogP contribution is 2.11. The molecule has 0 aliphatic carbocycles. The predicted octanol–water partition coefficient (Wildman–Crippen LogP) is 2.46. The van der Waals surface area contributed by atoms with E-state index in [4.69, 9.17) is 5.11 Å². The van der Waals surface area contributed by atoms with Crippen LogP contribution in [0.1, 0.15) is 46.5 Å². The van der Waals surface area contributed by atoms with Crippen LogP contribution in [0.4, 0.5) is 0 Å². The van der Waals surface area contributed by atoms with Crippen molar-refractivity contribution >= 4 is 21.8 Å². The highest BCUT2D eigenvalue weighted by molar-refractivity contribution is 9.10. The monoisotopic (exact) mass is 293 g/mol. The van der Waals surface area contributed by atoms with Crippen LogP contribution in [0.15, 0.2) is 0 Å². The van der Waals surface area contributed by atoms with E-state index in [1.165, 1.54) is 0 Å².